The first-order chi connectivity index (χ1) is 9.03. The third kappa shape index (κ3) is 5.33. The maximum Gasteiger partial charge on any atom is 0.0480 e. The first kappa shape index (κ1) is 14.5. The van der Waals surface area contributed by atoms with Crippen molar-refractivity contribution in [3.05, 3.63) is 47.5 Å². The van der Waals surface area contributed by atoms with Gasteiger partial charge >= 0.3 is 0 Å². The van der Waals surface area contributed by atoms with E-state index < -0.39 is 8.07 Å². The maximum absolute atomic E-state index is 2.58. The van der Waals surface area contributed by atoms with Crippen LogP contribution in [0.15, 0.2) is 42.0 Å². The summed E-state index contributed by atoms with van der Waals surface area (Å²) in [7, 11) is -0.909. The monoisotopic (exact) mass is 273 g/mol. The highest BCUT2D eigenvalue weighted by molar-refractivity contribution is 6.76. The van der Waals surface area contributed by atoms with Gasteiger partial charge in [-0.25, -0.2) is 0 Å². The van der Waals surface area contributed by atoms with Crippen molar-refractivity contribution < 1.29 is 0 Å². The molecule has 1 aromatic rings. The third-order valence-electron chi connectivity index (χ3n) is 3.75. The van der Waals surface area contributed by atoms with Crippen LogP contribution in [-0.2, 0) is 6.54 Å². The number of nitrogens with zero attached hydrogens (tertiary/aromatic N) is 1. The predicted molar refractivity (Wildman–Crippen MR) is 87.2 cm³/mol. The van der Waals surface area contributed by atoms with E-state index in [1.807, 2.05) is 0 Å². The Balaban J connectivity index is 1.80. The number of rotatable bonds is 4. The molecule has 0 unspecified atom stereocenters. The lowest BCUT2D eigenvalue weighted by molar-refractivity contribution is 0.248. The van der Waals surface area contributed by atoms with Crippen LogP contribution in [-0.4, -0.2) is 26.1 Å². The average Bonchev–Trinajstić information content (AvgIpc) is 2.38. The highest BCUT2D eigenvalue weighted by atomic mass is 28.3. The molecule has 2 rings (SSSR count). The van der Waals surface area contributed by atoms with Crippen molar-refractivity contribution >= 4 is 8.07 Å². The zero-order valence-corrected chi connectivity index (χ0v) is 13.7. The van der Waals surface area contributed by atoms with Crippen molar-refractivity contribution in [3.63, 3.8) is 0 Å². The number of hydrogen-bond acceptors (Lipinski definition) is 1. The second-order valence-electron chi connectivity index (χ2n) is 6.89. The van der Waals surface area contributed by atoms with E-state index in [1.165, 1.54) is 37.5 Å². The van der Waals surface area contributed by atoms with Gasteiger partial charge in [0.05, 0.1) is 0 Å². The smallest absolute Gasteiger partial charge is 0.0480 e. The molecule has 1 aromatic carbocycles. The molecule has 1 heterocycles. The zero-order valence-electron chi connectivity index (χ0n) is 12.7. The molecule has 0 N–H and O–H groups in total. The van der Waals surface area contributed by atoms with Crippen molar-refractivity contribution in [1.29, 1.82) is 0 Å². The summed E-state index contributed by atoms with van der Waals surface area (Å²) >= 11 is 0. The van der Waals surface area contributed by atoms with Crippen molar-refractivity contribution in [2.24, 2.45) is 0 Å². The number of benzene rings is 1. The van der Waals surface area contributed by atoms with Gasteiger partial charge in [0.15, 0.2) is 0 Å². The molecule has 1 aliphatic rings. The minimum Gasteiger partial charge on any atom is -0.298 e. The highest BCUT2D eigenvalue weighted by Gasteiger charge is 2.16. The Morgan fingerprint density at radius 3 is 2.26 bits per heavy atom. The molecule has 0 aliphatic carbocycles. The van der Waals surface area contributed by atoms with E-state index in [2.05, 4.69) is 60.9 Å². The zero-order chi connectivity index (χ0) is 13.7. The molecule has 1 saturated heterocycles. The van der Waals surface area contributed by atoms with Gasteiger partial charge < -0.3 is 0 Å². The number of piperidine rings is 1. The lowest BCUT2D eigenvalue weighted by atomic mass is 10.0. The van der Waals surface area contributed by atoms with E-state index in [0.717, 1.165) is 6.54 Å². The summed E-state index contributed by atoms with van der Waals surface area (Å²) in [5.74, 6) is 0. The largest absolute Gasteiger partial charge is 0.298 e. The second-order valence-corrected chi connectivity index (χ2v) is 12.4. The van der Waals surface area contributed by atoms with Crippen LogP contribution in [0, 0.1) is 0 Å². The molecule has 1 aliphatic heterocycles. The van der Waals surface area contributed by atoms with Crippen LogP contribution in [0.5, 0.6) is 0 Å². The SMILES string of the molecule is C[Si](C)(C)CC=C1CCN(Cc2ccccc2)CC1. The molecule has 0 aromatic heterocycles. The summed E-state index contributed by atoms with van der Waals surface area (Å²) in [5.41, 5.74) is 3.14. The van der Waals surface area contributed by atoms with E-state index in [0.29, 0.717) is 0 Å². The first-order valence-corrected chi connectivity index (χ1v) is 11.2. The molecule has 1 fully saturated rings. The fourth-order valence-electron chi connectivity index (χ4n) is 2.49. The molecule has 0 amide bonds. The Morgan fingerprint density at radius 1 is 1.05 bits per heavy atom. The molecular formula is C17H27NSi. The minimum absolute atomic E-state index is 0.909. The Labute approximate surface area is 119 Å². The van der Waals surface area contributed by atoms with Gasteiger partial charge in [-0.15, -0.1) is 0 Å². The summed E-state index contributed by atoms with van der Waals surface area (Å²) in [6.07, 6.45) is 5.10. The molecule has 0 spiro atoms. The van der Waals surface area contributed by atoms with Gasteiger partial charge in [0.2, 0.25) is 0 Å². The van der Waals surface area contributed by atoms with Gasteiger partial charge in [-0.3, -0.25) is 4.90 Å². The molecule has 1 nitrogen and oxygen atoms in total. The van der Waals surface area contributed by atoms with Gasteiger partial charge in [-0.2, -0.15) is 0 Å². The molecule has 19 heavy (non-hydrogen) atoms. The van der Waals surface area contributed by atoms with Crippen molar-refractivity contribution in [2.75, 3.05) is 13.1 Å². The van der Waals surface area contributed by atoms with Crippen LogP contribution in [0.1, 0.15) is 18.4 Å². The fraction of sp³-hybridized carbons (Fsp3) is 0.529. The number of likely N-dealkylation sites (tertiary alicyclic amines) is 1. The standard InChI is InChI=1S/C17H27NSi/c1-19(2,3)14-11-16-9-12-18(13-10-16)15-17-7-5-4-6-8-17/h4-8,11H,9-10,12-15H2,1-3H3. The minimum atomic E-state index is -0.909. The maximum atomic E-state index is 2.58. The van der Waals surface area contributed by atoms with Crippen molar-refractivity contribution in [2.45, 2.75) is 45.1 Å². The summed E-state index contributed by atoms with van der Waals surface area (Å²) in [6, 6.07) is 12.2. The lowest BCUT2D eigenvalue weighted by Crippen LogP contribution is -2.30. The predicted octanol–water partition coefficient (Wildman–Crippen LogP) is 4.55. The van der Waals surface area contributed by atoms with Crippen LogP contribution < -0.4 is 0 Å². The third-order valence-corrected chi connectivity index (χ3v) is 5.18. The number of allylic oxidation sites excluding steroid dienone is 1. The van der Waals surface area contributed by atoms with E-state index >= 15 is 0 Å². The Hall–Kier alpha value is -0.863. The van der Waals surface area contributed by atoms with Crippen molar-refractivity contribution in [1.82, 2.24) is 4.90 Å². The van der Waals surface area contributed by atoms with E-state index in [9.17, 15) is 0 Å². The van der Waals surface area contributed by atoms with Gasteiger partial charge in [0.25, 0.3) is 0 Å². The van der Waals surface area contributed by atoms with Crippen LogP contribution in [0.25, 0.3) is 0 Å². The molecule has 0 radical (unpaired) electrons. The fourth-order valence-corrected chi connectivity index (χ4v) is 3.40. The number of hydrogen-bond donors (Lipinski definition) is 0. The Morgan fingerprint density at radius 2 is 1.68 bits per heavy atom. The summed E-state index contributed by atoms with van der Waals surface area (Å²) in [6.45, 7) is 10.9. The molecular weight excluding hydrogens is 246 g/mol. The van der Waals surface area contributed by atoms with Crippen LogP contribution in [0.4, 0.5) is 0 Å². The van der Waals surface area contributed by atoms with Gasteiger partial charge in [0.1, 0.15) is 0 Å². The van der Waals surface area contributed by atoms with Crippen molar-refractivity contribution in [3.8, 4) is 0 Å². The Kier molecular flexibility index (Phi) is 5.00. The summed E-state index contributed by atoms with van der Waals surface area (Å²) in [5, 5.41) is 0. The quantitative estimate of drug-likeness (QED) is 0.575. The lowest BCUT2D eigenvalue weighted by Gasteiger charge is -2.29. The normalized spacial score (nSPS) is 17.5. The van der Waals surface area contributed by atoms with Crippen LogP contribution in [0.2, 0.25) is 25.7 Å². The average molecular weight is 273 g/mol. The highest BCUT2D eigenvalue weighted by Crippen LogP contribution is 2.21. The molecule has 0 saturated carbocycles. The topological polar surface area (TPSA) is 3.24 Å². The van der Waals surface area contributed by atoms with Gasteiger partial charge in [-0.1, -0.05) is 61.6 Å². The summed E-state index contributed by atoms with van der Waals surface area (Å²) < 4.78 is 0. The van der Waals surface area contributed by atoms with E-state index in [1.54, 1.807) is 5.57 Å². The van der Waals surface area contributed by atoms with E-state index in [-0.39, 0.29) is 0 Å². The van der Waals surface area contributed by atoms with E-state index in [4.69, 9.17) is 0 Å². The summed E-state index contributed by atoms with van der Waals surface area (Å²) in [4.78, 5) is 2.58. The Bertz CT molecular complexity index is 407. The van der Waals surface area contributed by atoms with Gasteiger partial charge in [0, 0.05) is 27.7 Å². The van der Waals surface area contributed by atoms with Crippen LogP contribution in [0.3, 0.4) is 0 Å². The first-order valence-electron chi connectivity index (χ1n) is 7.47. The molecule has 104 valence electrons. The van der Waals surface area contributed by atoms with Crippen LogP contribution >= 0.6 is 0 Å². The molecule has 0 bridgehead atoms. The molecule has 0 atom stereocenters. The van der Waals surface area contributed by atoms with Gasteiger partial charge in [-0.05, 0) is 24.4 Å². The molecule has 2 heteroatoms. The second kappa shape index (κ2) is 6.53.